The molecule has 1 heterocycles. The lowest BCUT2D eigenvalue weighted by atomic mass is 9.97. The van der Waals surface area contributed by atoms with Crippen molar-refractivity contribution in [1.29, 1.82) is 5.26 Å². The van der Waals surface area contributed by atoms with Gasteiger partial charge in [-0.3, -0.25) is 0 Å². The molecule has 0 saturated carbocycles. The molecule has 1 aromatic rings. The van der Waals surface area contributed by atoms with Gasteiger partial charge in [-0.25, -0.2) is 0 Å². The van der Waals surface area contributed by atoms with E-state index in [1.165, 1.54) is 0 Å². The first-order valence-corrected chi connectivity index (χ1v) is 6.45. The molecule has 0 aliphatic carbocycles. The highest BCUT2D eigenvalue weighted by Crippen LogP contribution is 2.37. The van der Waals surface area contributed by atoms with E-state index in [9.17, 15) is 5.11 Å². The fourth-order valence-electron chi connectivity index (χ4n) is 2.78. The Morgan fingerprint density at radius 3 is 2.61 bits per heavy atom. The normalized spacial score (nSPS) is 31.4. The van der Waals surface area contributed by atoms with Crippen LogP contribution in [-0.2, 0) is 0 Å². The van der Waals surface area contributed by atoms with Gasteiger partial charge in [0.2, 0.25) is 0 Å². The lowest BCUT2D eigenvalue weighted by molar-refractivity contribution is 0.0547. The summed E-state index contributed by atoms with van der Waals surface area (Å²) in [4.78, 5) is 2.16. The van der Waals surface area contributed by atoms with Crippen molar-refractivity contribution >= 4 is 17.3 Å². The number of benzene rings is 1. The maximum Gasteiger partial charge on any atom is 0.101 e. The molecule has 1 aromatic carbocycles. The van der Waals surface area contributed by atoms with Crippen LogP contribution in [0.15, 0.2) is 18.2 Å². The van der Waals surface area contributed by atoms with Crippen molar-refractivity contribution in [2.75, 3.05) is 4.90 Å². The largest absolute Gasteiger partial charge is 0.388 e. The number of anilines is 1. The quantitative estimate of drug-likeness (QED) is 0.848. The summed E-state index contributed by atoms with van der Waals surface area (Å²) < 4.78 is 0. The molecule has 1 N–H and O–H groups in total. The summed E-state index contributed by atoms with van der Waals surface area (Å²) in [7, 11) is 0. The van der Waals surface area contributed by atoms with E-state index in [0.717, 1.165) is 12.1 Å². The first-order valence-electron chi connectivity index (χ1n) is 6.07. The minimum absolute atomic E-state index is 0.0245. The van der Waals surface area contributed by atoms with E-state index >= 15 is 0 Å². The van der Waals surface area contributed by atoms with Crippen molar-refractivity contribution in [3.8, 4) is 6.07 Å². The Hall–Kier alpha value is -1.24. The number of hydrogen-bond donors (Lipinski definition) is 1. The first-order chi connectivity index (χ1) is 8.36. The van der Waals surface area contributed by atoms with Gasteiger partial charge in [0.25, 0.3) is 0 Å². The van der Waals surface area contributed by atoms with Crippen LogP contribution in [-0.4, -0.2) is 22.8 Å². The van der Waals surface area contributed by atoms with Gasteiger partial charge >= 0.3 is 0 Å². The molecule has 1 saturated heterocycles. The van der Waals surface area contributed by atoms with Gasteiger partial charge in [-0.15, -0.1) is 0 Å². The van der Waals surface area contributed by atoms with Crippen LogP contribution in [0.5, 0.6) is 0 Å². The molecule has 0 aromatic heterocycles. The van der Waals surface area contributed by atoms with Crippen molar-refractivity contribution in [3.63, 3.8) is 0 Å². The Morgan fingerprint density at radius 1 is 1.50 bits per heavy atom. The molecule has 1 fully saturated rings. The van der Waals surface area contributed by atoms with Gasteiger partial charge in [0.15, 0.2) is 0 Å². The van der Waals surface area contributed by atoms with Crippen LogP contribution in [0.1, 0.15) is 32.8 Å². The summed E-state index contributed by atoms with van der Waals surface area (Å²) in [5.41, 5.74) is 0.739. The molecule has 0 radical (unpaired) electrons. The third kappa shape index (κ3) is 2.07. The van der Waals surface area contributed by atoms with Crippen LogP contribution in [0, 0.1) is 11.3 Å². The molecule has 4 heteroatoms. The predicted octanol–water partition coefficient (Wildman–Crippen LogP) is 2.95. The smallest absolute Gasteiger partial charge is 0.101 e. The van der Waals surface area contributed by atoms with Crippen LogP contribution >= 0.6 is 11.6 Å². The Morgan fingerprint density at radius 2 is 2.17 bits per heavy atom. The van der Waals surface area contributed by atoms with Gasteiger partial charge in [0, 0.05) is 11.7 Å². The summed E-state index contributed by atoms with van der Waals surface area (Å²) in [6.45, 7) is 5.96. The van der Waals surface area contributed by atoms with E-state index in [-0.39, 0.29) is 12.1 Å². The summed E-state index contributed by atoms with van der Waals surface area (Å²) in [6, 6.07) is 7.74. The Labute approximate surface area is 113 Å². The zero-order valence-corrected chi connectivity index (χ0v) is 11.6. The fraction of sp³-hybridized carbons (Fsp3) is 0.500. The van der Waals surface area contributed by atoms with Crippen molar-refractivity contribution in [2.45, 2.75) is 44.9 Å². The molecule has 2 rings (SSSR count). The van der Waals surface area contributed by atoms with Crippen molar-refractivity contribution in [1.82, 2.24) is 0 Å². The predicted molar refractivity (Wildman–Crippen MR) is 72.8 cm³/mol. The number of hydrogen-bond acceptors (Lipinski definition) is 3. The monoisotopic (exact) mass is 264 g/mol. The van der Waals surface area contributed by atoms with E-state index < -0.39 is 5.60 Å². The fourth-order valence-corrected chi connectivity index (χ4v) is 3.00. The van der Waals surface area contributed by atoms with Crippen molar-refractivity contribution in [2.24, 2.45) is 0 Å². The average molecular weight is 265 g/mol. The van der Waals surface area contributed by atoms with Crippen LogP contribution < -0.4 is 4.90 Å². The average Bonchev–Trinajstić information content (AvgIpc) is 2.48. The molecule has 1 aliphatic rings. The highest BCUT2D eigenvalue weighted by atomic mass is 35.5. The number of halogens is 1. The van der Waals surface area contributed by atoms with Gasteiger partial charge in [-0.1, -0.05) is 11.6 Å². The second kappa shape index (κ2) is 4.46. The summed E-state index contributed by atoms with van der Waals surface area (Å²) in [5, 5.41) is 19.6. The van der Waals surface area contributed by atoms with Gasteiger partial charge < -0.3 is 10.0 Å². The second-order valence-electron chi connectivity index (χ2n) is 5.27. The standard InChI is InChI=1S/C14H17ClN2O/c1-9-7-14(3,18)10(2)17(9)12-5-4-11(8-16)13(15)6-12/h4-6,9-10,18H,7H2,1-3H3/t9-,10+,14+/m1/s1. The molecule has 0 bridgehead atoms. The first kappa shape index (κ1) is 13.2. The second-order valence-corrected chi connectivity index (χ2v) is 5.68. The Bertz CT molecular complexity index is 507. The van der Waals surface area contributed by atoms with Crippen molar-refractivity contribution in [3.05, 3.63) is 28.8 Å². The molecule has 3 atom stereocenters. The minimum Gasteiger partial charge on any atom is -0.388 e. The molecular formula is C14H17ClN2O. The topological polar surface area (TPSA) is 47.3 Å². The van der Waals surface area contributed by atoms with Gasteiger partial charge in [-0.2, -0.15) is 5.26 Å². The molecule has 3 nitrogen and oxygen atoms in total. The van der Waals surface area contributed by atoms with Crippen LogP contribution in [0.2, 0.25) is 5.02 Å². The molecule has 18 heavy (non-hydrogen) atoms. The van der Waals surface area contributed by atoms with Crippen molar-refractivity contribution < 1.29 is 5.11 Å². The number of aliphatic hydroxyl groups is 1. The van der Waals surface area contributed by atoms with Gasteiger partial charge in [0.05, 0.1) is 22.2 Å². The highest BCUT2D eigenvalue weighted by molar-refractivity contribution is 6.32. The lowest BCUT2D eigenvalue weighted by Crippen LogP contribution is -2.41. The number of nitriles is 1. The third-order valence-electron chi connectivity index (χ3n) is 3.87. The van der Waals surface area contributed by atoms with Crippen LogP contribution in [0.4, 0.5) is 5.69 Å². The highest BCUT2D eigenvalue weighted by Gasteiger charge is 2.43. The van der Waals surface area contributed by atoms with E-state index in [2.05, 4.69) is 17.9 Å². The van der Waals surface area contributed by atoms with E-state index in [1.807, 2.05) is 19.9 Å². The lowest BCUT2D eigenvalue weighted by Gasteiger charge is -2.31. The van der Waals surface area contributed by atoms with E-state index in [1.54, 1.807) is 12.1 Å². The molecule has 0 amide bonds. The maximum absolute atomic E-state index is 10.3. The molecule has 96 valence electrons. The third-order valence-corrected chi connectivity index (χ3v) is 4.18. The minimum atomic E-state index is -0.695. The number of nitrogens with zero attached hydrogens (tertiary/aromatic N) is 2. The van der Waals surface area contributed by atoms with Crippen LogP contribution in [0.25, 0.3) is 0 Å². The number of rotatable bonds is 1. The SMILES string of the molecule is C[C@@H]1C[C@](C)(O)[C@H](C)N1c1ccc(C#N)c(Cl)c1. The summed E-state index contributed by atoms with van der Waals surface area (Å²) in [5.74, 6) is 0. The summed E-state index contributed by atoms with van der Waals surface area (Å²) >= 11 is 6.06. The van der Waals surface area contributed by atoms with Gasteiger partial charge in [-0.05, 0) is 45.4 Å². The molecular weight excluding hydrogens is 248 g/mol. The van der Waals surface area contributed by atoms with Gasteiger partial charge in [0.1, 0.15) is 6.07 Å². The zero-order chi connectivity index (χ0) is 13.5. The van der Waals surface area contributed by atoms with E-state index in [0.29, 0.717) is 10.6 Å². The molecule has 0 spiro atoms. The zero-order valence-electron chi connectivity index (χ0n) is 10.8. The van der Waals surface area contributed by atoms with E-state index in [4.69, 9.17) is 16.9 Å². The maximum atomic E-state index is 10.3. The molecule has 1 aliphatic heterocycles. The molecule has 0 unspecified atom stereocenters. The summed E-state index contributed by atoms with van der Waals surface area (Å²) in [6.07, 6.45) is 0.728. The van der Waals surface area contributed by atoms with Crippen LogP contribution in [0.3, 0.4) is 0 Å². The Balaban J connectivity index is 2.38. The Kier molecular flexibility index (Phi) is 3.27.